The highest BCUT2D eigenvalue weighted by Crippen LogP contribution is 2.22. The van der Waals surface area contributed by atoms with Gasteiger partial charge in [0.1, 0.15) is 11.5 Å². The molecule has 6 heteroatoms. The van der Waals surface area contributed by atoms with Crippen LogP contribution in [-0.4, -0.2) is 24.6 Å². The van der Waals surface area contributed by atoms with Gasteiger partial charge >= 0.3 is 11.9 Å². The number of hydrogen-bond acceptors (Lipinski definition) is 5. The first-order chi connectivity index (χ1) is 14.5. The number of esters is 2. The Hall–Kier alpha value is -2.60. The highest BCUT2D eigenvalue weighted by Gasteiger charge is 2.11. The highest BCUT2D eigenvalue weighted by molar-refractivity contribution is 9.08. The van der Waals surface area contributed by atoms with Gasteiger partial charge in [-0.15, -0.1) is 0 Å². The topological polar surface area (TPSA) is 61.8 Å². The molecule has 0 amide bonds. The van der Waals surface area contributed by atoms with Crippen LogP contribution in [0.2, 0.25) is 0 Å². The van der Waals surface area contributed by atoms with Crippen molar-refractivity contribution >= 4 is 27.9 Å². The van der Waals surface area contributed by atoms with E-state index in [1.807, 2.05) is 25.1 Å². The molecule has 0 aromatic heterocycles. The lowest BCUT2D eigenvalue weighted by molar-refractivity contribution is -0.142. The van der Waals surface area contributed by atoms with Crippen LogP contribution in [0.15, 0.2) is 61.2 Å². The van der Waals surface area contributed by atoms with Crippen LogP contribution in [0.1, 0.15) is 48.5 Å². The first-order valence-corrected chi connectivity index (χ1v) is 11.1. The van der Waals surface area contributed by atoms with Gasteiger partial charge in [-0.3, -0.25) is 0 Å². The molecule has 2 aromatic carbocycles. The minimum absolute atomic E-state index is 0.106. The Morgan fingerprint density at radius 2 is 1.80 bits per heavy atom. The zero-order chi connectivity index (χ0) is 21.8. The van der Waals surface area contributed by atoms with Crippen LogP contribution in [0, 0.1) is 0 Å². The number of carbonyl (C=O) groups excluding carboxylic acids is 2. The van der Waals surface area contributed by atoms with Gasteiger partial charge in [0.2, 0.25) is 0 Å². The smallest absolute Gasteiger partial charge is 0.343 e. The molecule has 0 fully saturated rings. The molecule has 0 aliphatic rings. The van der Waals surface area contributed by atoms with E-state index in [0.29, 0.717) is 29.0 Å². The Balaban J connectivity index is 1.70. The predicted molar refractivity (Wildman–Crippen MR) is 120 cm³/mol. The second kappa shape index (κ2) is 12.9. The Bertz CT molecular complexity index is 832. The number of rotatable bonds is 12. The number of unbranched alkanes of at least 4 members (excludes halogenated alkanes) is 2. The van der Waals surface area contributed by atoms with Crippen molar-refractivity contribution in [3.63, 3.8) is 0 Å². The van der Waals surface area contributed by atoms with Gasteiger partial charge in [-0.25, -0.2) is 9.59 Å². The SMILES string of the molecule is C=CC(=O)OC(C)CCCCCOc1ccc(C(=O)Oc2ccccc2CBr)cc1. The van der Waals surface area contributed by atoms with E-state index < -0.39 is 5.97 Å². The number of hydrogen-bond donors (Lipinski definition) is 0. The van der Waals surface area contributed by atoms with Crippen LogP contribution in [0.25, 0.3) is 0 Å². The third-order valence-corrected chi connectivity index (χ3v) is 5.02. The van der Waals surface area contributed by atoms with E-state index in [1.54, 1.807) is 30.3 Å². The molecule has 0 spiro atoms. The summed E-state index contributed by atoms with van der Waals surface area (Å²) in [7, 11) is 0. The maximum atomic E-state index is 12.4. The number of ether oxygens (including phenoxy) is 3. The molecular weight excluding hydrogens is 448 g/mol. The summed E-state index contributed by atoms with van der Waals surface area (Å²) < 4.78 is 16.3. The summed E-state index contributed by atoms with van der Waals surface area (Å²) in [6.07, 6.45) is 4.72. The summed E-state index contributed by atoms with van der Waals surface area (Å²) in [5.74, 6) is 0.473. The summed E-state index contributed by atoms with van der Waals surface area (Å²) in [5, 5.41) is 0.613. The molecule has 0 aliphatic heterocycles. The van der Waals surface area contributed by atoms with Gasteiger partial charge in [0.15, 0.2) is 0 Å². The maximum absolute atomic E-state index is 12.4. The lowest BCUT2D eigenvalue weighted by Crippen LogP contribution is -2.12. The van der Waals surface area contributed by atoms with Crippen LogP contribution in [0.3, 0.4) is 0 Å². The molecule has 1 atom stereocenters. The number of alkyl halides is 1. The molecule has 0 aliphatic carbocycles. The summed E-state index contributed by atoms with van der Waals surface area (Å²) in [5.41, 5.74) is 1.38. The standard InChI is InChI=1S/C24H27BrO5/c1-3-23(26)29-18(2)9-5-4-8-16-28-21-14-12-19(13-15-21)24(27)30-22-11-7-6-10-20(22)17-25/h3,6-7,10-15,18H,1,4-5,8-9,16-17H2,2H3. The largest absolute Gasteiger partial charge is 0.494 e. The van der Waals surface area contributed by atoms with Crippen LogP contribution in [0.5, 0.6) is 11.5 Å². The lowest BCUT2D eigenvalue weighted by Gasteiger charge is -2.11. The Morgan fingerprint density at radius 3 is 2.50 bits per heavy atom. The van der Waals surface area contributed by atoms with Crippen molar-refractivity contribution in [3.05, 3.63) is 72.3 Å². The van der Waals surface area contributed by atoms with Crippen molar-refractivity contribution in [3.8, 4) is 11.5 Å². The molecule has 0 saturated heterocycles. The minimum Gasteiger partial charge on any atom is -0.494 e. The first-order valence-electron chi connectivity index (χ1n) is 9.95. The molecule has 2 aromatic rings. The summed E-state index contributed by atoms with van der Waals surface area (Å²) in [6, 6.07) is 14.3. The third kappa shape index (κ3) is 8.03. The van der Waals surface area contributed by atoms with Crippen molar-refractivity contribution < 1.29 is 23.8 Å². The fourth-order valence-corrected chi connectivity index (χ4v) is 3.23. The fraction of sp³-hybridized carbons (Fsp3) is 0.333. The van der Waals surface area contributed by atoms with Crippen molar-refractivity contribution in [2.75, 3.05) is 6.61 Å². The predicted octanol–water partition coefficient (Wildman–Crippen LogP) is 5.86. The molecule has 160 valence electrons. The lowest BCUT2D eigenvalue weighted by atomic mass is 10.1. The van der Waals surface area contributed by atoms with Crippen molar-refractivity contribution in [1.82, 2.24) is 0 Å². The van der Waals surface area contributed by atoms with Gasteiger partial charge in [-0.05, 0) is 62.9 Å². The molecular formula is C24H27BrO5. The van der Waals surface area contributed by atoms with E-state index in [0.717, 1.165) is 31.2 Å². The van der Waals surface area contributed by atoms with E-state index >= 15 is 0 Å². The second-order valence-electron chi connectivity index (χ2n) is 6.80. The van der Waals surface area contributed by atoms with Crippen LogP contribution >= 0.6 is 15.9 Å². The molecule has 0 saturated carbocycles. The van der Waals surface area contributed by atoms with Gasteiger partial charge in [0, 0.05) is 17.0 Å². The van der Waals surface area contributed by atoms with Gasteiger partial charge in [0.05, 0.1) is 18.3 Å². The fourth-order valence-electron chi connectivity index (χ4n) is 2.77. The zero-order valence-electron chi connectivity index (χ0n) is 17.1. The zero-order valence-corrected chi connectivity index (χ0v) is 18.7. The van der Waals surface area contributed by atoms with Crippen LogP contribution < -0.4 is 9.47 Å². The molecule has 30 heavy (non-hydrogen) atoms. The van der Waals surface area contributed by atoms with Gasteiger partial charge in [-0.2, -0.15) is 0 Å². The normalized spacial score (nSPS) is 11.4. The number of halogens is 1. The van der Waals surface area contributed by atoms with E-state index in [1.165, 1.54) is 6.08 Å². The van der Waals surface area contributed by atoms with Crippen molar-refractivity contribution in [1.29, 1.82) is 0 Å². The Kier molecular flexibility index (Phi) is 10.1. The van der Waals surface area contributed by atoms with E-state index in [-0.39, 0.29) is 12.1 Å². The third-order valence-electron chi connectivity index (χ3n) is 4.42. The van der Waals surface area contributed by atoms with Crippen molar-refractivity contribution in [2.45, 2.75) is 44.0 Å². The number of benzene rings is 2. The monoisotopic (exact) mass is 474 g/mol. The second-order valence-corrected chi connectivity index (χ2v) is 7.37. The van der Waals surface area contributed by atoms with E-state index in [9.17, 15) is 9.59 Å². The van der Waals surface area contributed by atoms with E-state index in [2.05, 4.69) is 22.5 Å². The van der Waals surface area contributed by atoms with Gasteiger partial charge < -0.3 is 14.2 Å². The average molecular weight is 475 g/mol. The average Bonchev–Trinajstić information content (AvgIpc) is 2.76. The van der Waals surface area contributed by atoms with Crippen LogP contribution in [0.4, 0.5) is 0 Å². The highest BCUT2D eigenvalue weighted by atomic mass is 79.9. The van der Waals surface area contributed by atoms with E-state index in [4.69, 9.17) is 14.2 Å². The summed E-state index contributed by atoms with van der Waals surface area (Å²) in [6.45, 7) is 5.85. The Labute approximate surface area is 186 Å². The quantitative estimate of drug-likeness (QED) is 0.127. The van der Waals surface area contributed by atoms with Crippen LogP contribution in [-0.2, 0) is 14.9 Å². The number of carbonyl (C=O) groups is 2. The molecule has 2 rings (SSSR count). The maximum Gasteiger partial charge on any atom is 0.343 e. The summed E-state index contributed by atoms with van der Waals surface area (Å²) in [4.78, 5) is 23.5. The molecule has 0 N–H and O–H groups in total. The molecule has 5 nitrogen and oxygen atoms in total. The number of para-hydroxylation sites is 1. The van der Waals surface area contributed by atoms with Crippen molar-refractivity contribution in [2.24, 2.45) is 0 Å². The molecule has 0 bridgehead atoms. The van der Waals surface area contributed by atoms with Gasteiger partial charge in [-0.1, -0.05) is 40.7 Å². The minimum atomic E-state index is -0.402. The Morgan fingerprint density at radius 1 is 1.07 bits per heavy atom. The molecule has 0 heterocycles. The van der Waals surface area contributed by atoms with Gasteiger partial charge in [0.25, 0.3) is 0 Å². The molecule has 1 unspecified atom stereocenters. The summed E-state index contributed by atoms with van der Waals surface area (Å²) >= 11 is 3.39. The molecule has 0 radical (unpaired) electrons. The first kappa shape index (κ1) is 23.7.